The van der Waals surface area contributed by atoms with Crippen LogP contribution in [0.4, 0.5) is 0 Å². The molecule has 8 N–H and O–H groups in total. The van der Waals surface area contributed by atoms with Crippen LogP contribution in [-0.4, -0.2) is 74.3 Å². The molecule has 7 heteroatoms. The third-order valence-corrected chi connectivity index (χ3v) is 1.92. The van der Waals surface area contributed by atoms with Crippen LogP contribution in [0.3, 0.4) is 0 Å². The second kappa shape index (κ2) is 6.25. The third-order valence-electron chi connectivity index (χ3n) is 1.92. The maximum absolute atomic E-state index is 9.20. The summed E-state index contributed by atoms with van der Waals surface area (Å²) in [7, 11) is 0. The Bertz CT molecular complexity index is 141. The zero-order valence-electron chi connectivity index (χ0n) is 7.56. The van der Waals surface area contributed by atoms with Crippen LogP contribution in [0.15, 0.2) is 0 Å². The van der Waals surface area contributed by atoms with Gasteiger partial charge in [0.1, 0.15) is 24.4 Å². The molecule has 5 atom stereocenters. The Balaban J connectivity index is 4.22. The van der Waals surface area contributed by atoms with Crippen molar-refractivity contribution in [2.24, 2.45) is 5.73 Å². The maximum atomic E-state index is 9.20. The first-order valence-electron chi connectivity index (χ1n) is 4.17. The lowest BCUT2D eigenvalue weighted by Crippen LogP contribution is -2.51. The highest BCUT2D eigenvalue weighted by molar-refractivity contribution is 4.84. The molecule has 0 aliphatic heterocycles. The monoisotopic (exact) mass is 211 g/mol. The summed E-state index contributed by atoms with van der Waals surface area (Å²) in [6, 6.07) is 0. The highest BCUT2D eigenvalue weighted by Crippen LogP contribution is 2.07. The number of aliphatic hydroxyl groups is 6. The number of aliphatic hydroxyl groups excluding tert-OH is 6. The summed E-state index contributed by atoms with van der Waals surface area (Å²) in [6.07, 6.45) is -8.15. The van der Waals surface area contributed by atoms with E-state index in [2.05, 4.69) is 0 Å². The molecular weight excluding hydrogens is 194 g/mol. The topological polar surface area (TPSA) is 147 Å². The fraction of sp³-hybridized carbons (Fsp3) is 1.00. The number of nitrogens with two attached hydrogens (primary N) is 1. The molecule has 7 nitrogen and oxygen atoms in total. The standard InChI is InChI=1S/C7H17NO6/c8-1-3(10)5(12)7(14)6(13)4(11)2-9/h3-7,9-14H,1-2,8H2/t3-,4-,5-,6-,7+/m1/s1. The summed E-state index contributed by atoms with van der Waals surface area (Å²) in [5.74, 6) is 0. The molecule has 0 aliphatic carbocycles. The molecule has 86 valence electrons. The van der Waals surface area contributed by atoms with Gasteiger partial charge < -0.3 is 36.4 Å². The van der Waals surface area contributed by atoms with Gasteiger partial charge in [0.05, 0.1) is 12.7 Å². The normalized spacial score (nSPS) is 22.5. The van der Waals surface area contributed by atoms with E-state index in [4.69, 9.17) is 31.3 Å². The van der Waals surface area contributed by atoms with Crippen LogP contribution in [0.5, 0.6) is 0 Å². The van der Waals surface area contributed by atoms with Crippen molar-refractivity contribution in [3.05, 3.63) is 0 Å². The molecule has 0 aromatic rings. The Kier molecular flexibility index (Phi) is 6.12. The molecule has 0 unspecified atom stereocenters. The van der Waals surface area contributed by atoms with Gasteiger partial charge in [0, 0.05) is 6.54 Å². The van der Waals surface area contributed by atoms with Crippen LogP contribution in [0.1, 0.15) is 0 Å². The first-order valence-corrected chi connectivity index (χ1v) is 4.17. The van der Waals surface area contributed by atoms with Crippen LogP contribution >= 0.6 is 0 Å². The van der Waals surface area contributed by atoms with Crippen molar-refractivity contribution in [2.75, 3.05) is 13.2 Å². The van der Waals surface area contributed by atoms with Gasteiger partial charge in [0.15, 0.2) is 0 Å². The van der Waals surface area contributed by atoms with Crippen molar-refractivity contribution in [1.29, 1.82) is 0 Å². The molecule has 14 heavy (non-hydrogen) atoms. The molecule has 0 radical (unpaired) electrons. The number of rotatable bonds is 6. The lowest BCUT2D eigenvalue weighted by molar-refractivity contribution is -0.138. The van der Waals surface area contributed by atoms with E-state index < -0.39 is 37.1 Å². The fourth-order valence-electron chi connectivity index (χ4n) is 0.905. The van der Waals surface area contributed by atoms with Crippen LogP contribution in [0.2, 0.25) is 0 Å². The summed E-state index contributed by atoms with van der Waals surface area (Å²) in [5, 5.41) is 53.9. The van der Waals surface area contributed by atoms with Crippen LogP contribution < -0.4 is 5.73 Å². The molecule has 0 saturated heterocycles. The van der Waals surface area contributed by atoms with Crippen molar-refractivity contribution in [2.45, 2.75) is 30.5 Å². The molecule has 0 amide bonds. The van der Waals surface area contributed by atoms with Crippen LogP contribution in [-0.2, 0) is 0 Å². The van der Waals surface area contributed by atoms with Gasteiger partial charge in [-0.25, -0.2) is 0 Å². The summed E-state index contributed by atoms with van der Waals surface area (Å²) in [6.45, 7) is -1.05. The Morgan fingerprint density at radius 2 is 1.21 bits per heavy atom. The maximum Gasteiger partial charge on any atom is 0.111 e. The molecule has 0 saturated carbocycles. The highest BCUT2D eigenvalue weighted by atomic mass is 16.4. The second-order valence-corrected chi connectivity index (χ2v) is 3.02. The van der Waals surface area contributed by atoms with E-state index in [1.165, 1.54) is 0 Å². The van der Waals surface area contributed by atoms with Crippen molar-refractivity contribution >= 4 is 0 Å². The molecule has 0 bridgehead atoms. The summed E-state index contributed by atoms with van der Waals surface area (Å²) >= 11 is 0. The SMILES string of the molecule is NC[C@@H](O)[C@@H](O)[C@H](O)[C@H](O)[C@H](O)CO. The van der Waals surface area contributed by atoms with Gasteiger partial charge in [0.25, 0.3) is 0 Å². The van der Waals surface area contributed by atoms with Gasteiger partial charge >= 0.3 is 0 Å². The average molecular weight is 211 g/mol. The number of hydrogen-bond donors (Lipinski definition) is 7. The van der Waals surface area contributed by atoms with E-state index in [-0.39, 0.29) is 6.54 Å². The van der Waals surface area contributed by atoms with E-state index in [0.29, 0.717) is 0 Å². The van der Waals surface area contributed by atoms with Gasteiger partial charge in [-0.2, -0.15) is 0 Å². The van der Waals surface area contributed by atoms with Gasteiger partial charge in [-0.05, 0) is 0 Å². The van der Waals surface area contributed by atoms with E-state index in [1.807, 2.05) is 0 Å². The second-order valence-electron chi connectivity index (χ2n) is 3.02. The Morgan fingerprint density at radius 3 is 1.57 bits per heavy atom. The third kappa shape index (κ3) is 3.46. The first-order chi connectivity index (χ1) is 6.45. The van der Waals surface area contributed by atoms with Gasteiger partial charge in [-0.1, -0.05) is 0 Å². The van der Waals surface area contributed by atoms with Crippen molar-refractivity contribution < 1.29 is 30.6 Å². The zero-order valence-corrected chi connectivity index (χ0v) is 7.56. The van der Waals surface area contributed by atoms with Crippen LogP contribution in [0, 0.1) is 0 Å². The zero-order chi connectivity index (χ0) is 11.3. The molecule has 0 heterocycles. The number of hydrogen-bond acceptors (Lipinski definition) is 7. The highest BCUT2D eigenvalue weighted by Gasteiger charge is 2.33. The fourth-order valence-corrected chi connectivity index (χ4v) is 0.905. The van der Waals surface area contributed by atoms with Gasteiger partial charge in [-0.15, -0.1) is 0 Å². The summed E-state index contributed by atoms with van der Waals surface area (Å²) in [4.78, 5) is 0. The summed E-state index contributed by atoms with van der Waals surface area (Å²) < 4.78 is 0. The van der Waals surface area contributed by atoms with E-state index in [0.717, 1.165) is 0 Å². The lowest BCUT2D eigenvalue weighted by Gasteiger charge is -2.27. The van der Waals surface area contributed by atoms with E-state index in [9.17, 15) is 5.11 Å². The molecule has 0 fully saturated rings. The largest absolute Gasteiger partial charge is 0.394 e. The predicted molar refractivity (Wildman–Crippen MR) is 46.2 cm³/mol. The molecule has 0 aromatic carbocycles. The average Bonchev–Trinajstić information content (AvgIpc) is 2.23. The summed E-state index contributed by atoms with van der Waals surface area (Å²) in [5.41, 5.74) is 5.00. The minimum atomic E-state index is -1.77. The molecule has 0 aromatic heterocycles. The Morgan fingerprint density at radius 1 is 0.786 bits per heavy atom. The van der Waals surface area contributed by atoms with Crippen molar-refractivity contribution in [3.63, 3.8) is 0 Å². The quantitative estimate of drug-likeness (QED) is 0.235. The molecule has 0 aliphatic rings. The van der Waals surface area contributed by atoms with Crippen molar-refractivity contribution in [3.8, 4) is 0 Å². The van der Waals surface area contributed by atoms with E-state index in [1.54, 1.807) is 0 Å². The van der Waals surface area contributed by atoms with Gasteiger partial charge in [-0.3, -0.25) is 0 Å². The van der Waals surface area contributed by atoms with Crippen molar-refractivity contribution in [1.82, 2.24) is 0 Å². The molecule has 0 spiro atoms. The Hall–Kier alpha value is -0.280. The minimum Gasteiger partial charge on any atom is -0.394 e. The smallest absolute Gasteiger partial charge is 0.111 e. The lowest BCUT2D eigenvalue weighted by atomic mass is 9.99. The molecular formula is C7H17NO6. The Labute approximate surface area is 81.0 Å². The predicted octanol–water partition coefficient (Wildman–Crippen LogP) is -4.26. The van der Waals surface area contributed by atoms with E-state index >= 15 is 0 Å². The minimum absolute atomic E-state index is 0.292. The molecule has 0 rings (SSSR count). The van der Waals surface area contributed by atoms with Crippen LogP contribution in [0.25, 0.3) is 0 Å². The first kappa shape index (κ1) is 13.7. The van der Waals surface area contributed by atoms with Gasteiger partial charge in [0.2, 0.25) is 0 Å².